The molecule has 108 valence electrons. The van der Waals surface area contributed by atoms with Crippen LogP contribution in [0.1, 0.15) is 38.5 Å². The van der Waals surface area contributed by atoms with Gasteiger partial charge in [-0.25, -0.2) is 0 Å². The summed E-state index contributed by atoms with van der Waals surface area (Å²) in [5.74, 6) is -0.943. The molecular weight excluding hydrogens is 248 g/mol. The molecule has 6 nitrogen and oxygen atoms in total. The molecular formula is C13H22N2O4. The summed E-state index contributed by atoms with van der Waals surface area (Å²) in [4.78, 5) is 37.1. The molecule has 2 amide bonds. The van der Waals surface area contributed by atoms with Gasteiger partial charge in [0.1, 0.15) is 0 Å². The van der Waals surface area contributed by atoms with Crippen molar-refractivity contribution in [2.75, 3.05) is 26.7 Å². The Hall–Kier alpha value is -1.59. The van der Waals surface area contributed by atoms with Crippen LogP contribution in [0.4, 0.5) is 0 Å². The van der Waals surface area contributed by atoms with Gasteiger partial charge in [-0.2, -0.15) is 0 Å². The van der Waals surface area contributed by atoms with Crippen LogP contribution in [0.3, 0.4) is 0 Å². The second kappa shape index (κ2) is 7.76. The highest BCUT2D eigenvalue weighted by molar-refractivity contribution is 5.84. The van der Waals surface area contributed by atoms with Crippen molar-refractivity contribution < 1.29 is 19.5 Å². The predicted octanol–water partition coefficient (Wildman–Crippen LogP) is 0.712. The average Bonchev–Trinajstić information content (AvgIpc) is 2.87. The van der Waals surface area contributed by atoms with Crippen molar-refractivity contribution in [2.24, 2.45) is 0 Å². The third-order valence-electron chi connectivity index (χ3n) is 3.29. The zero-order chi connectivity index (χ0) is 14.3. The first kappa shape index (κ1) is 15.5. The molecule has 1 saturated heterocycles. The molecule has 0 atom stereocenters. The van der Waals surface area contributed by atoms with Crippen molar-refractivity contribution in [3.8, 4) is 0 Å². The van der Waals surface area contributed by atoms with Crippen LogP contribution in [-0.2, 0) is 14.4 Å². The number of nitrogens with zero attached hydrogens (tertiary/aromatic N) is 2. The number of carboxylic acid groups (broad SMARTS) is 1. The Morgan fingerprint density at radius 2 is 1.68 bits per heavy atom. The van der Waals surface area contributed by atoms with E-state index in [1.807, 2.05) is 0 Å². The van der Waals surface area contributed by atoms with Gasteiger partial charge in [-0.15, -0.1) is 0 Å². The van der Waals surface area contributed by atoms with Gasteiger partial charge in [-0.3, -0.25) is 14.4 Å². The van der Waals surface area contributed by atoms with Gasteiger partial charge in [-0.05, 0) is 25.7 Å². The zero-order valence-electron chi connectivity index (χ0n) is 11.4. The standard InChI is InChI=1S/C13H22N2O4/c1-14(10-12(17)15-8-4-5-9-15)11(16)6-2-3-7-13(18)19/h2-10H2,1H3,(H,18,19). The SMILES string of the molecule is CN(CC(=O)N1CCCC1)C(=O)CCCCC(=O)O. The number of amides is 2. The lowest BCUT2D eigenvalue weighted by Crippen LogP contribution is -2.39. The molecule has 19 heavy (non-hydrogen) atoms. The normalized spacial score (nSPS) is 14.5. The minimum atomic E-state index is -0.843. The molecule has 1 rings (SSSR count). The predicted molar refractivity (Wildman–Crippen MR) is 69.6 cm³/mol. The first-order valence-corrected chi connectivity index (χ1v) is 6.74. The van der Waals surface area contributed by atoms with Crippen molar-refractivity contribution in [1.29, 1.82) is 0 Å². The van der Waals surface area contributed by atoms with E-state index < -0.39 is 5.97 Å². The number of aliphatic carboxylic acids is 1. The number of carbonyl (C=O) groups is 3. The van der Waals surface area contributed by atoms with Gasteiger partial charge in [0.05, 0.1) is 6.54 Å². The third-order valence-corrected chi connectivity index (χ3v) is 3.29. The van der Waals surface area contributed by atoms with E-state index in [2.05, 4.69) is 0 Å². The molecule has 0 aromatic heterocycles. The number of carboxylic acids is 1. The van der Waals surface area contributed by atoms with Crippen molar-refractivity contribution >= 4 is 17.8 Å². The first-order chi connectivity index (χ1) is 9.00. The van der Waals surface area contributed by atoms with E-state index in [1.165, 1.54) is 4.90 Å². The topological polar surface area (TPSA) is 77.9 Å². The molecule has 0 aromatic carbocycles. The maximum Gasteiger partial charge on any atom is 0.303 e. The highest BCUT2D eigenvalue weighted by atomic mass is 16.4. The molecule has 1 aliphatic heterocycles. The molecule has 1 fully saturated rings. The van der Waals surface area contributed by atoms with Crippen LogP contribution in [0, 0.1) is 0 Å². The summed E-state index contributed by atoms with van der Waals surface area (Å²) in [6.07, 6.45) is 3.51. The van der Waals surface area contributed by atoms with Crippen molar-refractivity contribution in [3.63, 3.8) is 0 Å². The lowest BCUT2D eigenvalue weighted by Gasteiger charge is -2.21. The van der Waals surface area contributed by atoms with E-state index in [0.717, 1.165) is 25.9 Å². The van der Waals surface area contributed by atoms with Gasteiger partial charge in [0, 0.05) is 33.0 Å². The Bertz CT molecular complexity index is 338. The number of likely N-dealkylation sites (tertiary alicyclic amines) is 1. The number of unbranched alkanes of at least 4 members (excludes halogenated alkanes) is 1. The minimum Gasteiger partial charge on any atom is -0.481 e. The van der Waals surface area contributed by atoms with Gasteiger partial charge < -0.3 is 14.9 Å². The Morgan fingerprint density at radius 1 is 1.11 bits per heavy atom. The molecule has 1 aliphatic rings. The highest BCUT2D eigenvalue weighted by Gasteiger charge is 2.20. The molecule has 1 N–H and O–H groups in total. The van der Waals surface area contributed by atoms with Gasteiger partial charge in [-0.1, -0.05) is 0 Å². The summed E-state index contributed by atoms with van der Waals surface area (Å²) < 4.78 is 0. The smallest absolute Gasteiger partial charge is 0.303 e. The third kappa shape index (κ3) is 5.72. The van der Waals surface area contributed by atoms with Crippen molar-refractivity contribution in [1.82, 2.24) is 9.80 Å². The number of likely N-dealkylation sites (N-methyl/N-ethyl adjacent to an activating group) is 1. The molecule has 0 aliphatic carbocycles. The minimum absolute atomic E-state index is 0.00103. The van der Waals surface area contributed by atoms with Crippen LogP contribution in [-0.4, -0.2) is 59.4 Å². The van der Waals surface area contributed by atoms with Crippen LogP contribution in [0.2, 0.25) is 0 Å². The summed E-state index contributed by atoms with van der Waals surface area (Å²) >= 11 is 0. The molecule has 1 heterocycles. The molecule has 0 saturated carbocycles. The fourth-order valence-electron chi connectivity index (χ4n) is 2.10. The summed E-state index contributed by atoms with van der Waals surface area (Å²) in [5.41, 5.74) is 0. The monoisotopic (exact) mass is 270 g/mol. The van der Waals surface area contributed by atoms with Crippen LogP contribution in [0.25, 0.3) is 0 Å². The maximum atomic E-state index is 11.8. The average molecular weight is 270 g/mol. The fourth-order valence-corrected chi connectivity index (χ4v) is 2.10. The van der Waals surface area contributed by atoms with Crippen LogP contribution in [0.5, 0.6) is 0 Å². The van der Waals surface area contributed by atoms with Crippen LogP contribution in [0.15, 0.2) is 0 Å². The Kier molecular flexibility index (Phi) is 6.32. The van der Waals surface area contributed by atoms with Crippen molar-refractivity contribution in [3.05, 3.63) is 0 Å². The van der Waals surface area contributed by atoms with E-state index in [9.17, 15) is 14.4 Å². The highest BCUT2D eigenvalue weighted by Crippen LogP contribution is 2.08. The Balaban J connectivity index is 2.20. The number of hydrogen-bond acceptors (Lipinski definition) is 3. The molecule has 0 bridgehead atoms. The largest absolute Gasteiger partial charge is 0.481 e. The number of carbonyl (C=O) groups excluding carboxylic acids is 2. The maximum absolute atomic E-state index is 11.8. The van der Waals surface area contributed by atoms with Crippen molar-refractivity contribution in [2.45, 2.75) is 38.5 Å². The number of rotatable bonds is 7. The van der Waals surface area contributed by atoms with E-state index in [0.29, 0.717) is 19.3 Å². The summed E-state index contributed by atoms with van der Waals surface area (Å²) in [7, 11) is 1.62. The van der Waals surface area contributed by atoms with Gasteiger partial charge in [0.25, 0.3) is 0 Å². The zero-order valence-corrected chi connectivity index (χ0v) is 11.4. The molecule has 6 heteroatoms. The van der Waals surface area contributed by atoms with Gasteiger partial charge in [0.15, 0.2) is 0 Å². The summed E-state index contributed by atoms with van der Waals surface area (Å²) in [6, 6.07) is 0. The van der Waals surface area contributed by atoms with Crippen LogP contribution >= 0.6 is 0 Å². The number of hydrogen-bond donors (Lipinski definition) is 1. The lowest BCUT2D eigenvalue weighted by molar-refractivity contribution is -0.139. The summed E-state index contributed by atoms with van der Waals surface area (Å²) in [5, 5.41) is 8.48. The van der Waals surface area contributed by atoms with E-state index in [-0.39, 0.29) is 24.8 Å². The van der Waals surface area contributed by atoms with Gasteiger partial charge >= 0.3 is 5.97 Å². The quantitative estimate of drug-likeness (QED) is 0.691. The lowest BCUT2D eigenvalue weighted by atomic mass is 10.2. The summed E-state index contributed by atoms with van der Waals surface area (Å²) in [6.45, 7) is 1.71. The molecule has 0 radical (unpaired) electrons. The molecule has 0 aromatic rings. The Morgan fingerprint density at radius 3 is 2.26 bits per heavy atom. The molecule has 0 unspecified atom stereocenters. The second-order valence-corrected chi connectivity index (χ2v) is 4.94. The van der Waals surface area contributed by atoms with E-state index in [1.54, 1.807) is 11.9 Å². The van der Waals surface area contributed by atoms with Crippen LogP contribution < -0.4 is 0 Å². The Labute approximate surface area is 113 Å². The van der Waals surface area contributed by atoms with E-state index >= 15 is 0 Å². The first-order valence-electron chi connectivity index (χ1n) is 6.74. The van der Waals surface area contributed by atoms with Gasteiger partial charge in [0.2, 0.25) is 11.8 Å². The second-order valence-electron chi connectivity index (χ2n) is 4.94. The molecule has 0 spiro atoms. The van der Waals surface area contributed by atoms with E-state index in [4.69, 9.17) is 5.11 Å². The fraction of sp³-hybridized carbons (Fsp3) is 0.769.